The highest BCUT2D eigenvalue weighted by Gasteiger charge is 2.19. The molecule has 0 fully saturated rings. The van der Waals surface area contributed by atoms with Gasteiger partial charge >= 0.3 is 17.9 Å². The molecule has 6 heteroatoms. The van der Waals surface area contributed by atoms with Crippen LogP contribution in [0.3, 0.4) is 0 Å². The molecule has 0 aliphatic heterocycles. The summed E-state index contributed by atoms with van der Waals surface area (Å²) in [5.41, 5.74) is 0. The maximum Gasteiger partial charge on any atom is 0.306 e. The highest BCUT2D eigenvalue weighted by atomic mass is 16.6. The van der Waals surface area contributed by atoms with Crippen LogP contribution in [0.5, 0.6) is 0 Å². The van der Waals surface area contributed by atoms with Crippen molar-refractivity contribution in [3.05, 3.63) is 97.2 Å². The molecule has 0 radical (unpaired) electrons. The van der Waals surface area contributed by atoms with Crippen molar-refractivity contribution in [2.75, 3.05) is 13.2 Å². The van der Waals surface area contributed by atoms with Gasteiger partial charge in [-0.2, -0.15) is 0 Å². The second kappa shape index (κ2) is 56.9. The summed E-state index contributed by atoms with van der Waals surface area (Å²) in [6, 6.07) is 0. The minimum atomic E-state index is -0.790. The second-order valence-corrected chi connectivity index (χ2v) is 18.8. The lowest BCUT2D eigenvalue weighted by Crippen LogP contribution is -2.30. The predicted molar refractivity (Wildman–Crippen MR) is 297 cm³/mol. The van der Waals surface area contributed by atoms with Gasteiger partial charge in [0.25, 0.3) is 0 Å². The summed E-state index contributed by atoms with van der Waals surface area (Å²) < 4.78 is 16.8. The molecule has 0 spiro atoms. The molecular formula is C63H106O6. The Hall–Kier alpha value is -3.67. The van der Waals surface area contributed by atoms with Crippen LogP contribution < -0.4 is 0 Å². The number of hydrogen-bond acceptors (Lipinski definition) is 6. The molecule has 6 nitrogen and oxygen atoms in total. The monoisotopic (exact) mass is 959 g/mol. The van der Waals surface area contributed by atoms with Crippen molar-refractivity contribution >= 4 is 17.9 Å². The van der Waals surface area contributed by atoms with Crippen molar-refractivity contribution in [2.45, 2.75) is 271 Å². The van der Waals surface area contributed by atoms with Gasteiger partial charge in [0, 0.05) is 19.3 Å². The fourth-order valence-electron chi connectivity index (χ4n) is 7.84. The molecule has 0 bridgehead atoms. The van der Waals surface area contributed by atoms with Crippen LogP contribution in [0.4, 0.5) is 0 Å². The summed E-state index contributed by atoms with van der Waals surface area (Å²) in [4.78, 5) is 38.0. The van der Waals surface area contributed by atoms with Crippen molar-refractivity contribution in [3.63, 3.8) is 0 Å². The fraction of sp³-hybridized carbons (Fsp3) is 0.698. The Kier molecular flexibility index (Phi) is 53.9. The summed E-state index contributed by atoms with van der Waals surface area (Å²) in [5.74, 6) is -0.919. The van der Waals surface area contributed by atoms with Crippen molar-refractivity contribution in [2.24, 2.45) is 0 Å². The molecule has 0 aliphatic carbocycles. The van der Waals surface area contributed by atoms with Gasteiger partial charge in [-0.1, -0.05) is 246 Å². The maximum atomic E-state index is 12.8. The van der Waals surface area contributed by atoms with Crippen molar-refractivity contribution in [3.8, 4) is 0 Å². The van der Waals surface area contributed by atoms with Crippen molar-refractivity contribution < 1.29 is 28.6 Å². The molecular weight excluding hydrogens is 853 g/mol. The van der Waals surface area contributed by atoms with E-state index in [-0.39, 0.29) is 31.1 Å². The third-order valence-corrected chi connectivity index (χ3v) is 12.1. The largest absolute Gasteiger partial charge is 0.462 e. The first-order valence-corrected chi connectivity index (χ1v) is 28.7. The van der Waals surface area contributed by atoms with Gasteiger partial charge < -0.3 is 14.2 Å². The van der Waals surface area contributed by atoms with Gasteiger partial charge in [0.05, 0.1) is 0 Å². The van der Waals surface area contributed by atoms with Gasteiger partial charge in [0.1, 0.15) is 13.2 Å². The first-order valence-electron chi connectivity index (χ1n) is 28.7. The number of ether oxygens (including phenoxy) is 3. The first-order chi connectivity index (χ1) is 34.0. The normalized spacial score (nSPS) is 12.8. The Morgan fingerprint density at radius 3 is 0.899 bits per heavy atom. The molecule has 0 saturated carbocycles. The van der Waals surface area contributed by atoms with Crippen LogP contribution in [0, 0.1) is 0 Å². The number of unbranched alkanes of at least 4 members (excludes halogenated alkanes) is 24. The summed E-state index contributed by atoms with van der Waals surface area (Å²) in [6.45, 7) is 6.37. The third-order valence-electron chi connectivity index (χ3n) is 12.1. The van der Waals surface area contributed by atoms with Gasteiger partial charge in [-0.25, -0.2) is 0 Å². The summed E-state index contributed by atoms with van der Waals surface area (Å²) in [5, 5.41) is 0. The average molecular weight is 960 g/mol. The van der Waals surface area contributed by atoms with E-state index in [0.717, 1.165) is 116 Å². The van der Waals surface area contributed by atoms with E-state index in [1.54, 1.807) is 0 Å². The van der Waals surface area contributed by atoms with Gasteiger partial charge in [-0.05, 0) is 96.3 Å². The zero-order chi connectivity index (χ0) is 50.0. The van der Waals surface area contributed by atoms with E-state index in [4.69, 9.17) is 14.2 Å². The molecule has 0 aromatic rings. The number of carbonyl (C=O) groups excluding carboxylic acids is 3. The zero-order valence-electron chi connectivity index (χ0n) is 45.0. The van der Waals surface area contributed by atoms with E-state index >= 15 is 0 Å². The molecule has 0 aromatic heterocycles. The van der Waals surface area contributed by atoms with E-state index in [2.05, 4.69) is 118 Å². The highest BCUT2D eigenvalue weighted by Crippen LogP contribution is 2.15. The van der Waals surface area contributed by atoms with Crippen LogP contribution in [0.25, 0.3) is 0 Å². The minimum Gasteiger partial charge on any atom is -0.462 e. The zero-order valence-corrected chi connectivity index (χ0v) is 45.0. The van der Waals surface area contributed by atoms with Crippen LogP contribution in [0.15, 0.2) is 97.2 Å². The Morgan fingerprint density at radius 2 is 0.565 bits per heavy atom. The van der Waals surface area contributed by atoms with Crippen LogP contribution in [0.2, 0.25) is 0 Å². The number of rotatable bonds is 51. The minimum absolute atomic E-state index is 0.0875. The lowest BCUT2D eigenvalue weighted by Gasteiger charge is -2.18. The van der Waals surface area contributed by atoms with E-state index < -0.39 is 6.10 Å². The average Bonchev–Trinajstić information content (AvgIpc) is 3.35. The van der Waals surface area contributed by atoms with Gasteiger partial charge in [-0.15, -0.1) is 0 Å². The second-order valence-electron chi connectivity index (χ2n) is 18.8. The van der Waals surface area contributed by atoms with E-state index in [0.29, 0.717) is 19.3 Å². The summed E-state index contributed by atoms with van der Waals surface area (Å²) in [6.07, 6.45) is 75.7. The molecule has 0 N–H and O–H groups in total. The summed E-state index contributed by atoms with van der Waals surface area (Å²) in [7, 11) is 0. The SMILES string of the molecule is CC/C=C\C/C=C\C/C=C\C/C=C\C/C=C\CCCCCCCCCCCCCCCC(=O)OCC(COC(=O)CCCCCCCCCCC)OC(=O)CCCCC/C=C\C/C=C\C/C=C\CC. The molecule has 1 unspecified atom stereocenters. The van der Waals surface area contributed by atoms with Gasteiger partial charge in [-0.3, -0.25) is 14.4 Å². The maximum absolute atomic E-state index is 12.8. The van der Waals surface area contributed by atoms with Crippen LogP contribution >= 0.6 is 0 Å². The van der Waals surface area contributed by atoms with Crippen molar-refractivity contribution in [1.82, 2.24) is 0 Å². The van der Waals surface area contributed by atoms with Gasteiger partial charge in [0.2, 0.25) is 0 Å². The van der Waals surface area contributed by atoms with Crippen LogP contribution in [-0.2, 0) is 28.6 Å². The molecule has 0 aliphatic rings. The van der Waals surface area contributed by atoms with Gasteiger partial charge in [0.15, 0.2) is 6.10 Å². The lowest BCUT2D eigenvalue weighted by molar-refractivity contribution is -0.167. The standard InChI is InChI=1S/C63H106O6/c1-4-7-10-13-16-19-21-23-24-25-26-27-28-29-30-31-32-33-34-35-36-37-38-40-41-44-47-50-53-56-62(65)68-59-60(58-67-61(64)55-52-49-46-43-18-15-12-9-6-3)69-63(66)57-54-51-48-45-42-39-22-20-17-14-11-8-5-2/h7-8,10-11,16-17,19-20,23-24,26-27,29-30,39,42,60H,4-6,9,12-15,18,21-22,25,28,31-38,40-41,43-59H2,1-3H3/b10-7-,11-8-,19-16-,20-17-,24-23-,27-26-,30-29-,42-39-. The smallest absolute Gasteiger partial charge is 0.306 e. The van der Waals surface area contributed by atoms with Crippen molar-refractivity contribution in [1.29, 1.82) is 0 Å². The molecule has 394 valence electrons. The molecule has 0 rings (SSSR count). The third kappa shape index (κ3) is 55.1. The first kappa shape index (κ1) is 65.3. The lowest BCUT2D eigenvalue weighted by atomic mass is 10.0. The predicted octanol–water partition coefficient (Wildman–Crippen LogP) is 19.3. The topological polar surface area (TPSA) is 78.9 Å². The quantitative estimate of drug-likeness (QED) is 0.0262. The molecule has 69 heavy (non-hydrogen) atoms. The Morgan fingerprint density at radius 1 is 0.304 bits per heavy atom. The Bertz CT molecular complexity index is 1380. The number of allylic oxidation sites excluding steroid dienone is 16. The summed E-state index contributed by atoms with van der Waals surface area (Å²) >= 11 is 0. The van der Waals surface area contributed by atoms with E-state index in [1.165, 1.54) is 109 Å². The molecule has 0 amide bonds. The number of carbonyl (C=O) groups is 3. The Labute approximate surface area is 426 Å². The fourth-order valence-corrected chi connectivity index (χ4v) is 7.84. The molecule has 0 heterocycles. The molecule has 1 atom stereocenters. The van der Waals surface area contributed by atoms with E-state index in [9.17, 15) is 14.4 Å². The van der Waals surface area contributed by atoms with Crippen LogP contribution in [0.1, 0.15) is 265 Å². The molecule has 0 aromatic carbocycles. The highest BCUT2D eigenvalue weighted by molar-refractivity contribution is 5.71. The van der Waals surface area contributed by atoms with Crippen LogP contribution in [-0.4, -0.2) is 37.2 Å². The van der Waals surface area contributed by atoms with E-state index in [1.807, 2.05) is 0 Å². The Balaban J connectivity index is 4.16. The molecule has 0 saturated heterocycles. The number of esters is 3. The number of hydrogen-bond donors (Lipinski definition) is 0.